The Balaban J connectivity index is 1.46. The van der Waals surface area contributed by atoms with Crippen LogP contribution in [0.2, 0.25) is 0 Å². The van der Waals surface area contributed by atoms with Crippen LogP contribution in [-0.2, 0) is 34.8 Å². The van der Waals surface area contributed by atoms with E-state index in [1.165, 1.54) is 63.4 Å². The minimum absolute atomic E-state index is 0.235. The summed E-state index contributed by atoms with van der Waals surface area (Å²) in [6, 6.07) is 8.02. The highest BCUT2D eigenvalue weighted by Gasteiger charge is 2.43. The molecular formula is C32H50O8. The molecule has 0 N–H and O–H groups in total. The van der Waals surface area contributed by atoms with Crippen LogP contribution in [0.4, 0.5) is 9.59 Å². The second-order valence-corrected chi connectivity index (χ2v) is 11.1. The van der Waals surface area contributed by atoms with E-state index in [9.17, 15) is 9.59 Å². The van der Waals surface area contributed by atoms with Crippen molar-refractivity contribution in [1.82, 2.24) is 0 Å². The molecular weight excluding hydrogens is 512 g/mol. The predicted octanol–water partition coefficient (Wildman–Crippen LogP) is 8.61. The number of unbranched alkanes of at least 4 members (excludes halogenated alkanes) is 3. The number of hydrogen-bond donors (Lipinski definition) is 0. The summed E-state index contributed by atoms with van der Waals surface area (Å²) < 4.78 is 32.3. The summed E-state index contributed by atoms with van der Waals surface area (Å²) in [6.45, 7) is 6.75. The molecule has 1 aromatic rings. The average Bonchev–Trinajstić information content (AvgIpc) is 3.34. The Bertz CT molecular complexity index is 817. The predicted molar refractivity (Wildman–Crippen MR) is 152 cm³/mol. The fourth-order valence-corrected chi connectivity index (χ4v) is 5.41. The minimum Gasteiger partial charge on any atom is -0.434 e. The van der Waals surface area contributed by atoms with Gasteiger partial charge in [0.25, 0.3) is 12.6 Å². The molecule has 0 radical (unpaired) electrons. The third-order valence-electron chi connectivity index (χ3n) is 7.84. The number of rotatable bonds is 16. The van der Waals surface area contributed by atoms with Gasteiger partial charge in [-0.05, 0) is 43.1 Å². The van der Waals surface area contributed by atoms with Gasteiger partial charge in [-0.2, -0.15) is 0 Å². The fourth-order valence-electron chi connectivity index (χ4n) is 5.41. The monoisotopic (exact) mass is 562 g/mol. The first-order valence-corrected chi connectivity index (χ1v) is 15.6. The summed E-state index contributed by atoms with van der Waals surface area (Å²) in [6.07, 6.45) is 11.2. The molecule has 2 aliphatic rings. The van der Waals surface area contributed by atoms with Crippen LogP contribution in [0.3, 0.4) is 0 Å². The molecule has 0 aromatic heterocycles. The van der Waals surface area contributed by atoms with Crippen LogP contribution in [0.1, 0.15) is 122 Å². The molecule has 0 amide bonds. The second-order valence-electron chi connectivity index (χ2n) is 11.1. The van der Waals surface area contributed by atoms with E-state index in [1.54, 1.807) is 0 Å². The van der Waals surface area contributed by atoms with Crippen molar-refractivity contribution in [1.29, 1.82) is 0 Å². The third kappa shape index (κ3) is 11.3. The van der Waals surface area contributed by atoms with E-state index in [2.05, 4.69) is 19.1 Å². The second kappa shape index (κ2) is 18.2. The molecule has 1 heterocycles. The lowest BCUT2D eigenvalue weighted by Crippen LogP contribution is -2.33. The quantitative estimate of drug-likeness (QED) is 0.146. The lowest BCUT2D eigenvalue weighted by atomic mass is 9.78. The number of carbonyl (C=O) groups excluding carboxylic acids is 2. The smallest absolute Gasteiger partial charge is 0.434 e. The first-order valence-electron chi connectivity index (χ1n) is 15.6. The molecule has 0 unspecified atom stereocenters. The Labute approximate surface area is 240 Å². The Hall–Kier alpha value is -2.32. The average molecular weight is 563 g/mol. The van der Waals surface area contributed by atoms with Crippen LogP contribution < -0.4 is 0 Å². The molecule has 226 valence electrons. The van der Waals surface area contributed by atoms with E-state index < -0.39 is 31.2 Å². The van der Waals surface area contributed by atoms with Gasteiger partial charge in [0.2, 0.25) is 0 Å². The molecule has 8 heteroatoms. The maximum Gasteiger partial charge on any atom is 0.510 e. The zero-order valence-corrected chi connectivity index (χ0v) is 24.8. The standard InChI is InChI=1S/C32H50O8/c1-4-7-22-35-31(33)39-29-30(40-32(34)36-23-8-5-2)38-28(37-29)27-20-18-26(19-21-27)13-10-9-12-25-16-14-24(11-6-3)15-17-25/h18-21,24-25,28-30H,4-17,22-23H2,1-3H3/t24?,25?,29-,30-/m1/s1. The zero-order valence-electron chi connectivity index (χ0n) is 24.8. The van der Waals surface area contributed by atoms with Crippen LogP contribution in [-0.4, -0.2) is 38.1 Å². The van der Waals surface area contributed by atoms with Gasteiger partial charge < -0.3 is 28.4 Å². The summed E-state index contributed by atoms with van der Waals surface area (Å²) in [7, 11) is 0. The highest BCUT2D eigenvalue weighted by molar-refractivity contribution is 5.61. The molecule has 40 heavy (non-hydrogen) atoms. The van der Waals surface area contributed by atoms with Crippen molar-refractivity contribution in [2.24, 2.45) is 11.8 Å². The van der Waals surface area contributed by atoms with Crippen molar-refractivity contribution in [3.8, 4) is 0 Å². The van der Waals surface area contributed by atoms with Crippen molar-refractivity contribution in [2.45, 2.75) is 130 Å². The Morgan fingerprint density at radius 3 is 1.73 bits per heavy atom. The fraction of sp³-hybridized carbons (Fsp3) is 0.750. The molecule has 8 nitrogen and oxygen atoms in total. The minimum atomic E-state index is -1.27. The zero-order chi connectivity index (χ0) is 28.6. The molecule has 0 spiro atoms. The third-order valence-corrected chi connectivity index (χ3v) is 7.84. The van der Waals surface area contributed by atoms with E-state index >= 15 is 0 Å². The van der Waals surface area contributed by atoms with E-state index in [-0.39, 0.29) is 13.2 Å². The largest absolute Gasteiger partial charge is 0.510 e. The van der Waals surface area contributed by atoms with Gasteiger partial charge in [0, 0.05) is 5.56 Å². The van der Waals surface area contributed by atoms with Gasteiger partial charge in [-0.1, -0.05) is 109 Å². The molecule has 1 saturated carbocycles. The summed E-state index contributed by atoms with van der Waals surface area (Å²) >= 11 is 0. The lowest BCUT2D eigenvalue weighted by molar-refractivity contribution is -0.159. The van der Waals surface area contributed by atoms with Crippen molar-refractivity contribution < 1.29 is 38.0 Å². The number of carbonyl (C=O) groups is 2. The van der Waals surface area contributed by atoms with Crippen LogP contribution >= 0.6 is 0 Å². The Morgan fingerprint density at radius 2 is 1.23 bits per heavy atom. The van der Waals surface area contributed by atoms with E-state index in [1.807, 2.05) is 26.0 Å². The van der Waals surface area contributed by atoms with Crippen molar-refractivity contribution >= 4 is 12.3 Å². The number of hydrogen-bond acceptors (Lipinski definition) is 8. The van der Waals surface area contributed by atoms with Crippen molar-refractivity contribution in [3.05, 3.63) is 35.4 Å². The van der Waals surface area contributed by atoms with Gasteiger partial charge in [0.1, 0.15) is 0 Å². The SMILES string of the molecule is CCCCOC(=O)O[C@H]1OC(c2ccc(CCCCC3CCC(CCC)CC3)cc2)O[C@@H]1OC(=O)OCCCC. The van der Waals surface area contributed by atoms with E-state index in [0.717, 1.165) is 49.5 Å². The first-order chi connectivity index (χ1) is 19.5. The van der Waals surface area contributed by atoms with Gasteiger partial charge in [-0.15, -0.1) is 0 Å². The van der Waals surface area contributed by atoms with Crippen molar-refractivity contribution in [3.63, 3.8) is 0 Å². The van der Waals surface area contributed by atoms with Gasteiger partial charge in [0.05, 0.1) is 13.2 Å². The first kappa shape index (κ1) is 32.2. The summed E-state index contributed by atoms with van der Waals surface area (Å²) in [5.74, 6) is 1.88. The topological polar surface area (TPSA) is 89.5 Å². The summed E-state index contributed by atoms with van der Waals surface area (Å²) in [5.41, 5.74) is 2.00. The summed E-state index contributed by atoms with van der Waals surface area (Å²) in [4.78, 5) is 24.2. The summed E-state index contributed by atoms with van der Waals surface area (Å²) in [5, 5.41) is 0. The molecule has 1 aliphatic carbocycles. The Morgan fingerprint density at radius 1 is 0.700 bits per heavy atom. The number of aryl methyl sites for hydroxylation is 1. The molecule has 0 bridgehead atoms. The lowest BCUT2D eigenvalue weighted by Gasteiger charge is -2.28. The van der Waals surface area contributed by atoms with Gasteiger partial charge >= 0.3 is 12.3 Å². The number of ether oxygens (including phenoxy) is 6. The van der Waals surface area contributed by atoms with Gasteiger partial charge in [0.15, 0.2) is 6.29 Å². The highest BCUT2D eigenvalue weighted by atomic mass is 16.9. The molecule has 2 fully saturated rings. The molecule has 1 aromatic carbocycles. The molecule has 3 rings (SSSR count). The normalized spacial score (nSPS) is 23.1. The van der Waals surface area contributed by atoms with Crippen LogP contribution in [0, 0.1) is 11.8 Å². The van der Waals surface area contributed by atoms with Crippen LogP contribution in [0.5, 0.6) is 0 Å². The molecule has 1 saturated heterocycles. The molecule has 2 atom stereocenters. The van der Waals surface area contributed by atoms with Gasteiger partial charge in [-0.3, -0.25) is 0 Å². The molecule has 1 aliphatic heterocycles. The maximum atomic E-state index is 12.1. The van der Waals surface area contributed by atoms with Gasteiger partial charge in [-0.25, -0.2) is 9.59 Å². The van der Waals surface area contributed by atoms with Crippen molar-refractivity contribution in [2.75, 3.05) is 13.2 Å². The van der Waals surface area contributed by atoms with E-state index in [4.69, 9.17) is 28.4 Å². The number of benzene rings is 1. The maximum absolute atomic E-state index is 12.1. The van der Waals surface area contributed by atoms with E-state index in [0.29, 0.717) is 0 Å². The van der Waals surface area contributed by atoms with Crippen LogP contribution in [0.15, 0.2) is 24.3 Å². The Kier molecular flexibility index (Phi) is 14.6. The highest BCUT2D eigenvalue weighted by Crippen LogP contribution is 2.35. The van der Waals surface area contributed by atoms with Crippen LogP contribution in [0.25, 0.3) is 0 Å².